The molecule has 2 saturated carbocycles. The molecular formula is C26H35F3O6. The van der Waals surface area contributed by atoms with Gasteiger partial charge in [-0.1, -0.05) is 26.0 Å². The number of aliphatic hydroxyl groups excluding tert-OH is 1. The highest BCUT2D eigenvalue weighted by Crippen LogP contribution is 2.56. The van der Waals surface area contributed by atoms with Crippen molar-refractivity contribution in [2.45, 2.75) is 89.7 Å². The van der Waals surface area contributed by atoms with Crippen LogP contribution in [0.2, 0.25) is 0 Å². The van der Waals surface area contributed by atoms with Gasteiger partial charge >= 0.3 is 18.1 Å². The molecule has 3 aliphatic carbocycles. The number of carbonyl (C=O) groups excluding carboxylic acids is 3. The third-order valence-corrected chi connectivity index (χ3v) is 8.86. The molecule has 1 aliphatic heterocycles. The molecule has 10 atom stereocenters. The predicted molar refractivity (Wildman–Crippen MR) is 119 cm³/mol. The molecule has 0 aromatic rings. The van der Waals surface area contributed by atoms with Crippen molar-refractivity contribution in [3.8, 4) is 0 Å². The number of Topliss-reactive ketones (excluding diaryl/α,β-unsaturated/α-hetero) is 1. The average Bonchev–Trinajstić information content (AvgIpc) is 3.36. The molecule has 3 fully saturated rings. The van der Waals surface area contributed by atoms with Gasteiger partial charge in [0.25, 0.3) is 0 Å². The summed E-state index contributed by atoms with van der Waals surface area (Å²) in [4.78, 5) is 37.7. The molecule has 0 aromatic carbocycles. The number of ketones is 1. The molecule has 35 heavy (non-hydrogen) atoms. The monoisotopic (exact) mass is 500 g/mol. The Bertz CT molecular complexity index is 855. The topological polar surface area (TPSA) is 89.9 Å². The van der Waals surface area contributed by atoms with Gasteiger partial charge in [-0.3, -0.25) is 9.59 Å². The van der Waals surface area contributed by atoms with Crippen molar-refractivity contribution < 1.29 is 42.1 Å². The first-order chi connectivity index (χ1) is 16.5. The minimum Gasteiger partial charge on any atom is -0.462 e. The normalized spacial score (nSPS) is 42.2. The second-order valence-corrected chi connectivity index (χ2v) is 10.9. The zero-order chi connectivity index (χ0) is 25.5. The highest BCUT2D eigenvalue weighted by Gasteiger charge is 2.55. The number of esters is 2. The van der Waals surface area contributed by atoms with Gasteiger partial charge in [0.1, 0.15) is 18.0 Å². The number of allylic oxidation sites excluding steroid dienone is 2. The maximum absolute atomic E-state index is 13.5. The summed E-state index contributed by atoms with van der Waals surface area (Å²) in [6, 6.07) is 0. The summed E-state index contributed by atoms with van der Waals surface area (Å²) in [6.45, 7) is 3.70. The number of aliphatic hydroxyl groups is 1. The molecule has 0 radical (unpaired) electrons. The number of hydrogen-bond acceptors (Lipinski definition) is 6. The number of cyclic esters (lactones) is 1. The second kappa shape index (κ2) is 10.2. The molecule has 196 valence electrons. The molecule has 1 N–H and O–H groups in total. The van der Waals surface area contributed by atoms with Crippen LogP contribution in [0.25, 0.3) is 0 Å². The van der Waals surface area contributed by atoms with Crippen LogP contribution in [0.3, 0.4) is 0 Å². The number of rotatable bonds is 2. The third-order valence-electron chi connectivity index (χ3n) is 8.86. The molecule has 0 unspecified atom stereocenters. The van der Waals surface area contributed by atoms with Gasteiger partial charge < -0.3 is 14.6 Å². The first kappa shape index (κ1) is 26.2. The molecule has 1 heterocycles. The van der Waals surface area contributed by atoms with Crippen LogP contribution in [0.5, 0.6) is 0 Å². The summed E-state index contributed by atoms with van der Waals surface area (Å²) in [5.41, 5.74) is 0. The van der Waals surface area contributed by atoms with Crippen LogP contribution in [0.1, 0.15) is 65.2 Å². The number of alkyl halides is 3. The van der Waals surface area contributed by atoms with Crippen molar-refractivity contribution in [1.29, 1.82) is 0 Å². The molecule has 9 heteroatoms. The molecule has 4 rings (SSSR count). The van der Waals surface area contributed by atoms with Crippen molar-refractivity contribution in [2.24, 2.45) is 41.4 Å². The Morgan fingerprint density at radius 3 is 2.54 bits per heavy atom. The van der Waals surface area contributed by atoms with Crippen molar-refractivity contribution in [2.75, 3.05) is 0 Å². The van der Waals surface area contributed by atoms with E-state index in [0.717, 1.165) is 0 Å². The van der Waals surface area contributed by atoms with Crippen LogP contribution in [0.4, 0.5) is 13.2 Å². The SMILES string of the molecule is CC[C@H]1CCC[C@@H](O)[C@@H](C)C(=O)[C@H]2C[C@@H]3[C@@H](C=C[C@@H]4C[C@@H](OC(=O)C(F)(F)F)C[C@@H]34)[C@@H]2CC(=O)O1. The first-order valence-electron chi connectivity index (χ1n) is 12.9. The van der Waals surface area contributed by atoms with Gasteiger partial charge in [-0.05, 0) is 74.5 Å². The molecule has 1 saturated heterocycles. The van der Waals surface area contributed by atoms with Gasteiger partial charge in [-0.15, -0.1) is 0 Å². The minimum atomic E-state index is -5.03. The smallest absolute Gasteiger partial charge is 0.462 e. The molecule has 6 nitrogen and oxygen atoms in total. The molecule has 4 aliphatic rings. The van der Waals surface area contributed by atoms with Gasteiger partial charge in [0, 0.05) is 18.3 Å². The fourth-order valence-electron chi connectivity index (χ4n) is 7.02. The summed E-state index contributed by atoms with van der Waals surface area (Å²) < 4.78 is 48.6. The van der Waals surface area contributed by atoms with Gasteiger partial charge in [0.2, 0.25) is 0 Å². The van der Waals surface area contributed by atoms with E-state index in [1.807, 2.05) is 19.1 Å². The quantitative estimate of drug-likeness (QED) is 0.447. The summed E-state index contributed by atoms with van der Waals surface area (Å²) in [5, 5.41) is 10.7. The first-order valence-corrected chi connectivity index (χ1v) is 12.9. The maximum atomic E-state index is 13.5. The van der Waals surface area contributed by atoms with E-state index >= 15 is 0 Å². The predicted octanol–water partition coefficient (Wildman–Crippen LogP) is 4.39. The Kier molecular flexibility index (Phi) is 7.65. The van der Waals surface area contributed by atoms with E-state index in [4.69, 9.17) is 9.47 Å². The number of hydrogen-bond donors (Lipinski definition) is 1. The van der Waals surface area contributed by atoms with Crippen LogP contribution in [0, 0.1) is 41.4 Å². The second-order valence-electron chi connectivity index (χ2n) is 10.9. The van der Waals surface area contributed by atoms with E-state index in [1.54, 1.807) is 6.92 Å². The zero-order valence-electron chi connectivity index (χ0n) is 20.2. The lowest BCUT2D eigenvalue weighted by Gasteiger charge is -2.33. The summed E-state index contributed by atoms with van der Waals surface area (Å²) in [5.74, 6) is -3.94. The Balaban J connectivity index is 1.55. The standard InChI is InChI=1S/C26H35F3O6/c1-3-15-5-4-6-22(30)13(2)24(32)21-11-19-17(20(21)12-23(31)34-15)8-7-14-9-16(10-18(14)19)35-25(33)26(27,28)29/h7-8,13-22,30H,3-6,9-12H2,1-2H3/t13-,14-,15+,16-,17-,18-,19-,20+,21+,22-/m1/s1. The largest absolute Gasteiger partial charge is 0.490 e. The van der Waals surface area contributed by atoms with Crippen LogP contribution in [-0.4, -0.2) is 47.3 Å². The van der Waals surface area contributed by atoms with Crippen LogP contribution >= 0.6 is 0 Å². The Morgan fingerprint density at radius 1 is 1.11 bits per heavy atom. The highest BCUT2D eigenvalue weighted by atomic mass is 19.4. The van der Waals surface area contributed by atoms with Crippen molar-refractivity contribution in [1.82, 2.24) is 0 Å². The van der Waals surface area contributed by atoms with Gasteiger partial charge in [0.15, 0.2) is 0 Å². The number of fused-ring (bicyclic) bond motifs is 5. The zero-order valence-corrected chi connectivity index (χ0v) is 20.2. The summed E-state index contributed by atoms with van der Waals surface area (Å²) in [7, 11) is 0. The highest BCUT2D eigenvalue weighted by molar-refractivity contribution is 5.85. The fraction of sp³-hybridized carbons (Fsp3) is 0.808. The summed E-state index contributed by atoms with van der Waals surface area (Å²) in [6.07, 6.45) is 0.838. The molecule has 0 aromatic heterocycles. The van der Waals surface area contributed by atoms with Crippen molar-refractivity contribution in [3.05, 3.63) is 12.2 Å². The maximum Gasteiger partial charge on any atom is 0.490 e. The van der Waals surface area contributed by atoms with E-state index < -0.39 is 36.2 Å². The average molecular weight is 501 g/mol. The van der Waals surface area contributed by atoms with E-state index in [1.165, 1.54) is 0 Å². The van der Waals surface area contributed by atoms with Gasteiger partial charge in [-0.2, -0.15) is 13.2 Å². The Labute approximate surface area is 203 Å². The number of carbonyl (C=O) groups is 3. The molecule has 0 bridgehead atoms. The van der Waals surface area contributed by atoms with Crippen molar-refractivity contribution in [3.63, 3.8) is 0 Å². The van der Waals surface area contributed by atoms with Crippen LogP contribution in [0.15, 0.2) is 12.2 Å². The molecular weight excluding hydrogens is 465 g/mol. The van der Waals surface area contributed by atoms with E-state index in [9.17, 15) is 32.7 Å². The third kappa shape index (κ3) is 5.44. The summed E-state index contributed by atoms with van der Waals surface area (Å²) >= 11 is 0. The van der Waals surface area contributed by atoms with E-state index in [2.05, 4.69) is 0 Å². The minimum absolute atomic E-state index is 0.00258. The molecule has 0 amide bonds. The molecule has 0 spiro atoms. The Morgan fingerprint density at radius 2 is 1.86 bits per heavy atom. The van der Waals surface area contributed by atoms with Crippen LogP contribution in [-0.2, 0) is 23.9 Å². The van der Waals surface area contributed by atoms with Crippen molar-refractivity contribution >= 4 is 17.7 Å². The Hall–Kier alpha value is -1.90. The van der Waals surface area contributed by atoms with E-state index in [-0.39, 0.29) is 53.9 Å². The van der Waals surface area contributed by atoms with E-state index in [0.29, 0.717) is 44.9 Å². The van der Waals surface area contributed by atoms with Gasteiger partial charge in [-0.25, -0.2) is 4.79 Å². The van der Waals surface area contributed by atoms with Crippen LogP contribution < -0.4 is 0 Å². The van der Waals surface area contributed by atoms with Gasteiger partial charge in [0.05, 0.1) is 6.10 Å². The fourth-order valence-corrected chi connectivity index (χ4v) is 7.02. The lowest BCUT2D eigenvalue weighted by Crippen LogP contribution is -2.35. The number of ether oxygens (including phenoxy) is 2. The lowest BCUT2D eigenvalue weighted by atomic mass is 9.71. The number of halogens is 3. The lowest BCUT2D eigenvalue weighted by molar-refractivity contribution is -0.204.